The first kappa shape index (κ1) is 18.8. The number of fused-ring (bicyclic) bond motifs is 1. The Labute approximate surface area is 164 Å². The van der Waals surface area contributed by atoms with Crippen molar-refractivity contribution in [1.29, 1.82) is 0 Å². The normalized spacial score (nSPS) is 18.3. The van der Waals surface area contributed by atoms with Crippen LogP contribution in [0.25, 0.3) is 11.4 Å². The third-order valence-electron chi connectivity index (χ3n) is 5.35. The molecule has 4 rings (SSSR count). The number of anilines is 1. The number of nitrogens with one attached hydrogen (secondary N) is 1. The summed E-state index contributed by atoms with van der Waals surface area (Å²) in [5, 5.41) is 2.89. The molecular weight excluding hydrogens is 356 g/mol. The molecule has 28 heavy (non-hydrogen) atoms. The molecule has 0 aliphatic carbocycles. The Hall–Kier alpha value is -2.58. The molecule has 1 atom stereocenters. The molecule has 1 unspecified atom stereocenters. The predicted octanol–water partition coefficient (Wildman–Crippen LogP) is 0.981. The number of hydrogen-bond donors (Lipinski definition) is 1. The molecule has 0 spiro atoms. The standard InChI is InChI=1S/C20H26N6O2/c1-14(26-8-10-28-11-9-26)13-25(2)19-16-5-7-22-20(27)17(16)23-18(24-19)15-4-3-6-21-12-15/h3-4,6,12,14H,5,7-11,13H2,1-2H3,(H,22,27). The van der Waals surface area contributed by atoms with E-state index < -0.39 is 0 Å². The first-order chi connectivity index (χ1) is 13.6. The first-order valence-electron chi connectivity index (χ1n) is 9.76. The van der Waals surface area contributed by atoms with E-state index in [0.717, 1.165) is 56.2 Å². The molecule has 2 aromatic heterocycles. The lowest BCUT2D eigenvalue weighted by molar-refractivity contribution is 0.0217. The van der Waals surface area contributed by atoms with Gasteiger partial charge >= 0.3 is 0 Å². The Morgan fingerprint density at radius 3 is 2.89 bits per heavy atom. The van der Waals surface area contributed by atoms with Crippen molar-refractivity contribution >= 4 is 11.7 Å². The van der Waals surface area contributed by atoms with Crippen LogP contribution in [0.4, 0.5) is 5.82 Å². The van der Waals surface area contributed by atoms with Gasteiger partial charge in [-0.3, -0.25) is 14.7 Å². The van der Waals surface area contributed by atoms with Gasteiger partial charge in [-0.05, 0) is 25.5 Å². The Kier molecular flexibility index (Phi) is 5.50. The van der Waals surface area contributed by atoms with Crippen LogP contribution in [-0.4, -0.2) is 78.2 Å². The minimum atomic E-state index is -0.135. The molecule has 8 heteroatoms. The van der Waals surface area contributed by atoms with Crippen LogP contribution < -0.4 is 10.2 Å². The number of rotatable bonds is 5. The van der Waals surface area contributed by atoms with E-state index in [1.54, 1.807) is 12.4 Å². The second-order valence-electron chi connectivity index (χ2n) is 7.32. The topological polar surface area (TPSA) is 83.5 Å². The average Bonchev–Trinajstić information content (AvgIpc) is 2.74. The van der Waals surface area contributed by atoms with E-state index in [1.165, 1.54) is 0 Å². The summed E-state index contributed by atoms with van der Waals surface area (Å²) < 4.78 is 5.46. The summed E-state index contributed by atoms with van der Waals surface area (Å²) in [6, 6.07) is 4.12. The number of aromatic nitrogens is 3. The molecule has 2 aliphatic rings. The summed E-state index contributed by atoms with van der Waals surface area (Å²) in [6.45, 7) is 7.11. The predicted molar refractivity (Wildman–Crippen MR) is 106 cm³/mol. The molecule has 4 heterocycles. The van der Waals surface area contributed by atoms with Crippen molar-refractivity contribution in [3.8, 4) is 11.4 Å². The number of likely N-dealkylation sites (N-methyl/N-ethyl adjacent to an activating group) is 1. The molecule has 0 bridgehead atoms. The Morgan fingerprint density at radius 1 is 1.32 bits per heavy atom. The minimum Gasteiger partial charge on any atom is -0.379 e. The fraction of sp³-hybridized carbons (Fsp3) is 0.500. The van der Waals surface area contributed by atoms with Crippen molar-refractivity contribution in [3.05, 3.63) is 35.8 Å². The number of ether oxygens (including phenoxy) is 1. The monoisotopic (exact) mass is 382 g/mol. The molecule has 0 radical (unpaired) electrons. The lowest BCUT2D eigenvalue weighted by atomic mass is 10.0. The molecular formula is C20H26N6O2. The molecule has 1 amide bonds. The van der Waals surface area contributed by atoms with Gasteiger partial charge in [0.2, 0.25) is 0 Å². The lowest BCUT2D eigenvalue weighted by Crippen LogP contribution is -2.47. The van der Waals surface area contributed by atoms with Crippen molar-refractivity contribution in [3.63, 3.8) is 0 Å². The van der Waals surface area contributed by atoms with Crippen LogP contribution in [0.1, 0.15) is 23.0 Å². The largest absolute Gasteiger partial charge is 0.379 e. The molecule has 0 aromatic carbocycles. The molecule has 8 nitrogen and oxygen atoms in total. The van der Waals surface area contributed by atoms with Gasteiger partial charge in [0.25, 0.3) is 5.91 Å². The van der Waals surface area contributed by atoms with E-state index in [2.05, 4.69) is 32.0 Å². The summed E-state index contributed by atoms with van der Waals surface area (Å²) in [4.78, 5) is 30.6. The van der Waals surface area contributed by atoms with Gasteiger partial charge in [0.05, 0.1) is 13.2 Å². The highest BCUT2D eigenvalue weighted by Crippen LogP contribution is 2.27. The van der Waals surface area contributed by atoms with Gasteiger partial charge in [-0.25, -0.2) is 9.97 Å². The van der Waals surface area contributed by atoms with Crippen LogP contribution in [0.15, 0.2) is 24.5 Å². The number of amides is 1. The Morgan fingerprint density at radius 2 is 2.14 bits per heavy atom. The van der Waals surface area contributed by atoms with Crippen molar-refractivity contribution in [2.45, 2.75) is 19.4 Å². The number of morpholine rings is 1. The molecule has 2 aliphatic heterocycles. The van der Waals surface area contributed by atoms with Crippen LogP contribution >= 0.6 is 0 Å². The second-order valence-corrected chi connectivity index (χ2v) is 7.32. The highest BCUT2D eigenvalue weighted by Gasteiger charge is 2.27. The van der Waals surface area contributed by atoms with E-state index in [0.29, 0.717) is 24.1 Å². The maximum Gasteiger partial charge on any atom is 0.270 e. The zero-order chi connectivity index (χ0) is 19.5. The maximum absolute atomic E-state index is 12.5. The number of pyridine rings is 1. The van der Waals surface area contributed by atoms with E-state index >= 15 is 0 Å². The van der Waals surface area contributed by atoms with Gasteiger partial charge in [0.1, 0.15) is 11.5 Å². The second kappa shape index (κ2) is 8.20. The summed E-state index contributed by atoms with van der Waals surface area (Å²) >= 11 is 0. The highest BCUT2D eigenvalue weighted by atomic mass is 16.5. The fourth-order valence-corrected chi connectivity index (χ4v) is 3.83. The van der Waals surface area contributed by atoms with E-state index in [1.807, 2.05) is 19.2 Å². The minimum absolute atomic E-state index is 0.135. The van der Waals surface area contributed by atoms with E-state index in [-0.39, 0.29) is 5.91 Å². The van der Waals surface area contributed by atoms with Crippen molar-refractivity contribution in [2.75, 3.05) is 51.3 Å². The fourth-order valence-electron chi connectivity index (χ4n) is 3.83. The number of nitrogens with zero attached hydrogens (tertiary/aromatic N) is 5. The number of carbonyl (C=O) groups excluding carboxylic acids is 1. The molecule has 1 saturated heterocycles. The molecule has 0 saturated carbocycles. The summed E-state index contributed by atoms with van der Waals surface area (Å²) in [5.41, 5.74) is 2.20. The third-order valence-corrected chi connectivity index (χ3v) is 5.35. The van der Waals surface area contributed by atoms with Gasteiger partial charge in [0.15, 0.2) is 5.82 Å². The number of carbonyl (C=O) groups is 1. The summed E-state index contributed by atoms with van der Waals surface area (Å²) in [5.74, 6) is 1.23. The van der Waals surface area contributed by atoms with Gasteiger partial charge in [0, 0.05) is 62.8 Å². The van der Waals surface area contributed by atoms with Gasteiger partial charge in [-0.1, -0.05) is 0 Å². The highest BCUT2D eigenvalue weighted by molar-refractivity contribution is 5.96. The molecule has 2 aromatic rings. The van der Waals surface area contributed by atoms with Crippen LogP contribution in [-0.2, 0) is 11.2 Å². The molecule has 148 valence electrons. The van der Waals surface area contributed by atoms with Crippen molar-refractivity contribution < 1.29 is 9.53 Å². The van der Waals surface area contributed by atoms with Crippen molar-refractivity contribution in [2.24, 2.45) is 0 Å². The van der Waals surface area contributed by atoms with E-state index in [9.17, 15) is 4.79 Å². The van der Waals surface area contributed by atoms with Crippen LogP contribution in [0, 0.1) is 0 Å². The van der Waals surface area contributed by atoms with Crippen LogP contribution in [0.5, 0.6) is 0 Å². The first-order valence-corrected chi connectivity index (χ1v) is 9.76. The SMILES string of the molecule is CC(CN(C)c1nc(-c2cccnc2)nc2c1CCNC2=O)N1CCOCC1. The molecule has 1 N–H and O–H groups in total. The zero-order valence-corrected chi connectivity index (χ0v) is 16.4. The van der Waals surface area contributed by atoms with Crippen LogP contribution in [0.3, 0.4) is 0 Å². The summed E-state index contributed by atoms with van der Waals surface area (Å²) in [6.07, 6.45) is 4.17. The summed E-state index contributed by atoms with van der Waals surface area (Å²) in [7, 11) is 2.04. The van der Waals surface area contributed by atoms with E-state index in [4.69, 9.17) is 9.72 Å². The van der Waals surface area contributed by atoms with Gasteiger partial charge < -0.3 is 15.0 Å². The van der Waals surface area contributed by atoms with Crippen LogP contribution in [0.2, 0.25) is 0 Å². The quantitative estimate of drug-likeness (QED) is 0.825. The van der Waals surface area contributed by atoms with Gasteiger partial charge in [-0.15, -0.1) is 0 Å². The average molecular weight is 382 g/mol. The van der Waals surface area contributed by atoms with Crippen molar-refractivity contribution in [1.82, 2.24) is 25.2 Å². The Bertz CT molecular complexity index is 838. The molecule has 1 fully saturated rings. The number of hydrogen-bond acceptors (Lipinski definition) is 7. The maximum atomic E-state index is 12.5. The third kappa shape index (κ3) is 3.83. The zero-order valence-electron chi connectivity index (χ0n) is 16.4. The smallest absolute Gasteiger partial charge is 0.270 e. The van der Waals surface area contributed by atoms with Gasteiger partial charge in [-0.2, -0.15) is 0 Å². The lowest BCUT2D eigenvalue weighted by Gasteiger charge is -2.35. The Balaban J connectivity index is 1.66.